The van der Waals surface area contributed by atoms with Crippen LogP contribution in [0.2, 0.25) is 4.47 Å². The van der Waals surface area contributed by atoms with Crippen LogP contribution in [0, 0.1) is 0 Å². The number of rotatable bonds is 5. The molecule has 2 N–H and O–H groups in total. The Labute approximate surface area is 118 Å². The number of anilines is 1. The SMILES string of the molecule is COc1cc(C(=O)O)ccc1NCc1cnc(Cl)s1. The second-order valence-electron chi connectivity index (χ2n) is 3.65. The molecule has 2 rings (SSSR count). The lowest BCUT2D eigenvalue weighted by molar-refractivity contribution is 0.0696. The Hall–Kier alpha value is -1.79. The van der Waals surface area contributed by atoms with Crippen LogP contribution in [0.4, 0.5) is 5.69 Å². The Morgan fingerprint density at radius 3 is 2.95 bits per heavy atom. The molecule has 0 radical (unpaired) electrons. The van der Waals surface area contributed by atoms with E-state index in [1.807, 2.05) is 0 Å². The molecule has 0 atom stereocenters. The molecule has 100 valence electrons. The number of carboxylic acids is 1. The first-order chi connectivity index (χ1) is 9.10. The lowest BCUT2D eigenvalue weighted by Crippen LogP contribution is -2.02. The van der Waals surface area contributed by atoms with Crippen molar-refractivity contribution < 1.29 is 14.6 Å². The molecule has 0 amide bonds. The number of nitrogens with one attached hydrogen (secondary N) is 1. The molecule has 0 saturated carbocycles. The summed E-state index contributed by atoms with van der Waals surface area (Å²) in [5, 5.41) is 12.1. The van der Waals surface area contributed by atoms with Crippen LogP contribution in [0.3, 0.4) is 0 Å². The van der Waals surface area contributed by atoms with Crippen LogP contribution in [0.5, 0.6) is 5.75 Å². The molecule has 0 saturated heterocycles. The van der Waals surface area contributed by atoms with Gasteiger partial charge >= 0.3 is 5.97 Å². The second-order valence-corrected chi connectivity index (χ2v) is 5.35. The van der Waals surface area contributed by atoms with E-state index in [9.17, 15) is 4.79 Å². The summed E-state index contributed by atoms with van der Waals surface area (Å²) in [6, 6.07) is 4.67. The lowest BCUT2D eigenvalue weighted by atomic mass is 10.2. The summed E-state index contributed by atoms with van der Waals surface area (Å²) < 4.78 is 5.66. The van der Waals surface area contributed by atoms with Gasteiger partial charge in [0, 0.05) is 11.1 Å². The molecule has 0 aliphatic rings. The molecule has 0 fully saturated rings. The van der Waals surface area contributed by atoms with E-state index < -0.39 is 5.97 Å². The summed E-state index contributed by atoms with van der Waals surface area (Å²) in [4.78, 5) is 15.8. The highest BCUT2D eigenvalue weighted by Crippen LogP contribution is 2.27. The fourth-order valence-corrected chi connectivity index (χ4v) is 2.44. The van der Waals surface area contributed by atoms with Gasteiger partial charge in [0.15, 0.2) is 4.47 Å². The zero-order chi connectivity index (χ0) is 13.8. The lowest BCUT2D eigenvalue weighted by Gasteiger charge is -2.10. The maximum Gasteiger partial charge on any atom is 0.335 e. The molecule has 7 heteroatoms. The van der Waals surface area contributed by atoms with Crippen LogP contribution in [-0.4, -0.2) is 23.2 Å². The number of hydrogen-bond donors (Lipinski definition) is 2. The summed E-state index contributed by atoms with van der Waals surface area (Å²) in [6.07, 6.45) is 1.69. The molecule has 0 bridgehead atoms. The fourth-order valence-electron chi connectivity index (χ4n) is 1.52. The van der Waals surface area contributed by atoms with Crippen molar-refractivity contribution in [2.45, 2.75) is 6.54 Å². The summed E-state index contributed by atoms with van der Waals surface area (Å²) in [7, 11) is 1.50. The zero-order valence-electron chi connectivity index (χ0n) is 10.0. The average Bonchev–Trinajstić information content (AvgIpc) is 2.81. The van der Waals surface area contributed by atoms with E-state index in [0.717, 1.165) is 10.6 Å². The Bertz CT molecular complexity index is 600. The van der Waals surface area contributed by atoms with Crippen molar-refractivity contribution in [1.82, 2.24) is 4.98 Å². The fraction of sp³-hybridized carbons (Fsp3) is 0.167. The number of thiazole rings is 1. The van der Waals surface area contributed by atoms with Crippen LogP contribution < -0.4 is 10.1 Å². The van der Waals surface area contributed by atoms with E-state index in [0.29, 0.717) is 16.8 Å². The van der Waals surface area contributed by atoms with Crippen molar-refractivity contribution in [2.24, 2.45) is 0 Å². The van der Waals surface area contributed by atoms with Crippen molar-refractivity contribution in [3.05, 3.63) is 39.3 Å². The molecule has 2 aromatic rings. The third kappa shape index (κ3) is 3.36. The van der Waals surface area contributed by atoms with Crippen LogP contribution in [0.25, 0.3) is 0 Å². The van der Waals surface area contributed by atoms with Gasteiger partial charge in [0.1, 0.15) is 5.75 Å². The molecular formula is C12H11ClN2O3S. The highest BCUT2D eigenvalue weighted by Gasteiger charge is 2.09. The first-order valence-electron chi connectivity index (χ1n) is 5.35. The topological polar surface area (TPSA) is 71.5 Å². The second kappa shape index (κ2) is 5.90. The molecule has 0 unspecified atom stereocenters. The van der Waals surface area contributed by atoms with E-state index in [1.165, 1.54) is 30.6 Å². The highest BCUT2D eigenvalue weighted by molar-refractivity contribution is 7.15. The minimum absolute atomic E-state index is 0.184. The van der Waals surface area contributed by atoms with Crippen LogP contribution >= 0.6 is 22.9 Å². The number of nitrogens with zero attached hydrogens (tertiary/aromatic N) is 1. The van der Waals surface area contributed by atoms with E-state index in [-0.39, 0.29) is 5.56 Å². The van der Waals surface area contributed by atoms with Gasteiger partial charge in [-0.15, -0.1) is 11.3 Å². The summed E-state index contributed by atoms with van der Waals surface area (Å²) >= 11 is 7.13. The Balaban J connectivity index is 2.13. The van der Waals surface area contributed by atoms with Gasteiger partial charge in [-0.05, 0) is 18.2 Å². The van der Waals surface area contributed by atoms with Gasteiger partial charge in [-0.1, -0.05) is 11.6 Å². The third-order valence-electron chi connectivity index (χ3n) is 2.43. The van der Waals surface area contributed by atoms with E-state index >= 15 is 0 Å². The predicted molar refractivity (Wildman–Crippen MR) is 74.4 cm³/mol. The van der Waals surface area contributed by atoms with Crippen molar-refractivity contribution in [1.29, 1.82) is 0 Å². The summed E-state index contributed by atoms with van der Waals surface area (Å²) in [5.41, 5.74) is 0.903. The number of ether oxygens (including phenoxy) is 1. The number of carbonyl (C=O) groups is 1. The van der Waals surface area contributed by atoms with Crippen molar-refractivity contribution in [3.8, 4) is 5.75 Å². The molecule has 1 aromatic heterocycles. The Kier molecular flexibility index (Phi) is 4.24. The molecule has 19 heavy (non-hydrogen) atoms. The van der Waals surface area contributed by atoms with Crippen molar-refractivity contribution in [2.75, 3.05) is 12.4 Å². The third-order valence-corrected chi connectivity index (χ3v) is 3.54. The van der Waals surface area contributed by atoms with Crippen LogP contribution in [0.15, 0.2) is 24.4 Å². The van der Waals surface area contributed by atoms with E-state index in [1.54, 1.807) is 12.3 Å². The first kappa shape index (κ1) is 13.6. The number of benzene rings is 1. The van der Waals surface area contributed by atoms with Gasteiger partial charge < -0.3 is 15.2 Å². The molecule has 0 spiro atoms. The average molecular weight is 299 g/mol. The normalized spacial score (nSPS) is 10.2. The van der Waals surface area contributed by atoms with Gasteiger partial charge in [0.2, 0.25) is 0 Å². The molecule has 1 heterocycles. The monoisotopic (exact) mass is 298 g/mol. The van der Waals surface area contributed by atoms with Crippen LogP contribution in [0.1, 0.15) is 15.2 Å². The van der Waals surface area contributed by atoms with Crippen molar-refractivity contribution >= 4 is 34.6 Å². The van der Waals surface area contributed by atoms with Gasteiger partial charge in [0.05, 0.1) is 24.9 Å². The van der Waals surface area contributed by atoms with E-state index in [2.05, 4.69) is 10.3 Å². The quantitative estimate of drug-likeness (QED) is 0.887. The zero-order valence-corrected chi connectivity index (χ0v) is 11.6. The molecule has 0 aliphatic carbocycles. The standard InChI is InChI=1S/C12H11ClN2O3S/c1-18-10-4-7(11(16)17)2-3-9(10)14-5-8-6-15-12(13)19-8/h2-4,6,14H,5H2,1H3,(H,16,17). The smallest absolute Gasteiger partial charge is 0.335 e. The molecule has 5 nitrogen and oxygen atoms in total. The number of halogens is 1. The van der Waals surface area contributed by atoms with E-state index in [4.69, 9.17) is 21.4 Å². The number of methoxy groups -OCH3 is 1. The largest absolute Gasteiger partial charge is 0.495 e. The molecule has 1 aromatic carbocycles. The minimum atomic E-state index is -0.987. The maximum atomic E-state index is 10.9. The number of hydrogen-bond acceptors (Lipinski definition) is 5. The predicted octanol–water partition coefficient (Wildman–Crippen LogP) is 3.12. The Morgan fingerprint density at radius 2 is 2.37 bits per heavy atom. The van der Waals surface area contributed by atoms with Gasteiger partial charge in [-0.2, -0.15) is 0 Å². The minimum Gasteiger partial charge on any atom is -0.495 e. The van der Waals surface area contributed by atoms with Gasteiger partial charge in [-0.3, -0.25) is 0 Å². The number of aromatic nitrogens is 1. The van der Waals surface area contributed by atoms with Crippen molar-refractivity contribution in [3.63, 3.8) is 0 Å². The van der Waals surface area contributed by atoms with Gasteiger partial charge in [0.25, 0.3) is 0 Å². The highest BCUT2D eigenvalue weighted by atomic mass is 35.5. The number of carboxylic acid groups (broad SMARTS) is 1. The summed E-state index contributed by atoms with van der Waals surface area (Å²) in [6.45, 7) is 0.549. The maximum absolute atomic E-state index is 10.9. The van der Waals surface area contributed by atoms with Crippen LogP contribution in [-0.2, 0) is 6.54 Å². The Morgan fingerprint density at radius 1 is 1.58 bits per heavy atom. The first-order valence-corrected chi connectivity index (χ1v) is 6.55. The van der Waals surface area contributed by atoms with Gasteiger partial charge in [-0.25, -0.2) is 9.78 Å². The summed E-state index contributed by atoms with van der Waals surface area (Å²) in [5.74, 6) is -0.505. The molecular weight excluding hydrogens is 288 g/mol. The number of aromatic carboxylic acids is 1. The molecule has 0 aliphatic heterocycles.